The Morgan fingerprint density at radius 2 is 2.11 bits per heavy atom. The summed E-state index contributed by atoms with van der Waals surface area (Å²) in [5, 5.41) is 18.1. The maximum Gasteiger partial charge on any atom is 0.169 e. The van der Waals surface area contributed by atoms with Crippen molar-refractivity contribution in [3.8, 4) is 6.07 Å². The Morgan fingerprint density at radius 1 is 1.33 bits per heavy atom. The molecule has 1 unspecified atom stereocenters. The number of aromatic nitrogens is 2. The van der Waals surface area contributed by atoms with Crippen LogP contribution in [0.1, 0.15) is 50.4 Å². The highest BCUT2D eigenvalue weighted by atomic mass is 15.3. The van der Waals surface area contributed by atoms with E-state index < -0.39 is 0 Å². The van der Waals surface area contributed by atoms with Gasteiger partial charge in [-0.3, -0.25) is 0 Å². The van der Waals surface area contributed by atoms with Gasteiger partial charge in [0.15, 0.2) is 5.82 Å². The highest BCUT2D eigenvalue weighted by Gasteiger charge is 2.26. The fourth-order valence-electron chi connectivity index (χ4n) is 2.73. The minimum Gasteiger partial charge on any atom is -0.351 e. The standard InChI is InChI=1S/C14H20N4/c1-4-11-12(9-15)14(17-16-13(11)5-2)18-8-6-7-10(18)3/h10H,4-8H2,1-3H3. The van der Waals surface area contributed by atoms with Crippen molar-refractivity contribution in [1.82, 2.24) is 10.2 Å². The molecule has 1 aromatic heterocycles. The largest absolute Gasteiger partial charge is 0.351 e. The van der Waals surface area contributed by atoms with Crippen LogP contribution in [0.4, 0.5) is 5.82 Å². The van der Waals surface area contributed by atoms with Crippen molar-refractivity contribution in [2.24, 2.45) is 0 Å². The molecular formula is C14H20N4. The fraction of sp³-hybridized carbons (Fsp3) is 0.643. The van der Waals surface area contributed by atoms with E-state index >= 15 is 0 Å². The third kappa shape index (κ3) is 2.05. The average Bonchev–Trinajstić information content (AvgIpc) is 2.82. The fourth-order valence-corrected chi connectivity index (χ4v) is 2.73. The van der Waals surface area contributed by atoms with Gasteiger partial charge in [0.05, 0.1) is 5.69 Å². The topological polar surface area (TPSA) is 52.8 Å². The molecule has 18 heavy (non-hydrogen) atoms. The predicted octanol–water partition coefficient (Wildman–Crippen LogP) is 2.46. The van der Waals surface area contributed by atoms with E-state index in [0.717, 1.165) is 42.0 Å². The molecular weight excluding hydrogens is 224 g/mol. The Hall–Kier alpha value is -1.63. The lowest BCUT2D eigenvalue weighted by Gasteiger charge is -2.24. The third-order valence-corrected chi connectivity index (χ3v) is 3.76. The van der Waals surface area contributed by atoms with Crippen LogP contribution in [0.25, 0.3) is 0 Å². The predicted molar refractivity (Wildman–Crippen MR) is 71.5 cm³/mol. The van der Waals surface area contributed by atoms with E-state index in [1.54, 1.807) is 0 Å². The number of nitriles is 1. The highest BCUT2D eigenvalue weighted by Crippen LogP contribution is 2.28. The minimum absolute atomic E-state index is 0.462. The first-order valence-electron chi connectivity index (χ1n) is 6.78. The summed E-state index contributed by atoms with van der Waals surface area (Å²) >= 11 is 0. The molecule has 96 valence electrons. The number of anilines is 1. The molecule has 0 aliphatic carbocycles. The molecule has 0 amide bonds. The van der Waals surface area contributed by atoms with Crippen LogP contribution in [0.5, 0.6) is 0 Å². The van der Waals surface area contributed by atoms with Crippen LogP contribution < -0.4 is 4.90 Å². The summed E-state index contributed by atoms with van der Waals surface area (Å²) in [4.78, 5) is 2.23. The lowest BCUT2D eigenvalue weighted by Crippen LogP contribution is -2.29. The molecule has 2 heterocycles. The van der Waals surface area contributed by atoms with Crippen LogP contribution >= 0.6 is 0 Å². The molecule has 1 saturated heterocycles. The van der Waals surface area contributed by atoms with Gasteiger partial charge in [0.25, 0.3) is 0 Å². The zero-order valence-corrected chi connectivity index (χ0v) is 11.4. The van der Waals surface area contributed by atoms with Gasteiger partial charge in [-0.1, -0.05) is 13.8 Å². The molecule has 2 rings (SSSR count). The van der Waals surface area contributed by atoms with Crippen LogP contribution in [0.2, 0.25) is 0 Å². The summed E-state index contributed by atoms with van der Waals surface area (Å²) in [5.41, 5.74) is 2.77. The Kier molecular flexibility index (Phi) is 3.81. The van der Waals surface area contributed by atoms with Crippen molar-refractivity contribution in [2.75, 3.05) is 11.4 Å². The van der Waals surface area contributed by atoms with E-state index in [-0.39, 0.29) is 0 Å². The first-order valence-corrected chi connectivity index (χ1v) is 6.78. The second-order valence-electron chi connectivity index (χ2n) is 4.83. The molecule has 1 aromatic rings. The molecule has 0 bridgehead atoms. The molecule has 0 N–H and O–H groups in total. The molecule has 1 atom stereocenters. The van der Waals surface area contributed by atoms with E-state index in [2.05, 4.69) is 41.9 Å². The summed E-state index contributed by atoms with van der Waals surface area (Å²) in [6.07, 6.45) is 4.02. The summed E-state index contributed by atoms with van der Waals surface area (Å²) < 4.78 is 0. The number of hydrogen-bond donors (Lipinski definition) is 0. The van der Waals surface area contributed by atoms with Crippen molar-refractivity contribution in [2.45, 2.75) is 52.5 Å². The highest BCUT2D eigenvalue weighted by molar-refractivity contribution is 5.59. The second-order valence-corrected chi connectivity index (χ2v) is 4.83. The van der Waals surface area contributed by atoms with Crippen molar-refractivity contribution in [3.63, 3.8) is 0 Å². The number of nitrogens with zero attached hydrogens (tertiary/aromatic N) is 4. The van der Waals surface area contributed by atoms with Gasteiger partial charge in [0.2, 0.25) is 0 Å². The van der Waals surface area contributed by atoms with E-state index in [1.165, 1.54) is 12.8 Å². The number of aryl methyl sites for hydroxylation is 1. The van der Waals surface area contributed by atoms with Crippen molar-refractivity contribution in [1.29, 1.82) is 5.26 Å². The molecule has 0 aromatic carbocycles. The summed E-state index contributed by atoms with van der Waals surface area (Å²) in [5.74, 6) is 0.788. The number of rotatable bonds is 3. The molecule has 0 radical (unpaired) electrons. The van der Waals surface area contributed by atoms with Gasteiger partial charge < -0.3 is 4.90 Å². The maximum absolute atomic E-state index is 9.45. The van der Waals surface area contributed by atoms with Gasteiger partial charge in [-0.25, -0.2) is 0 Å². The Labute approximate surface area is 109 Å². The van der Waals surface area contributed by atoms with E-state index in [4.69, 9.17) is 0 Å². The van der Waals surface area contributed by atoms with Gasteiger partial charge in [0.1, 0.15) is 11.6 Å². The molecule has 1 aliphatic rings. The Balaban J connectivity index is 2.52. The zero-order chi connectivity index (χ0) is 13.1. The van der Waals surface area contributed by atoms with Crippen LogP contribution in [0, 0.1) is 11.3 Å². The normalized spacial score (nSPS) is 19.0. The molecule has 0 spiro atoms. The molecule has 1 aliphatic heterocycles. The molecule has 1 fully saturated rings. The zero-order valence-electron chi connectivity index (χ0n) is 11.4. The monoisotopic (exact) mass is 244 g/mol. The number of hydrogen-bond acceptors (Lipinski definition) is 4. The van der Waals surface area contributed by atoms with Gasteiger partial charge in [-0.05, 0) is 38.2 Å². The molecule has 0 saturated carbocycles. The maximum atomic E-state index is 9.45. The lowest BCUT2D eigenvalue weighted by molar-refractivity contribution is 0.714. The van der Waals surface area contributed by atoms with Crippen LogP contribution in [0.15, 0.2) is 0 Å². The third-order valence-electron chi connectivity index (χ3n) is 3.76. The van der Waals surface area contributed by atoms with Gasteiger partial charge in [-0.2, -0.15) is 10.4 Å². The van der Waals surface area contributed by atoms with E-state index in [0.29, 0.717) is 6.04 Å². The summed E-state index contributed by atoms with van der Waals surface area (Å²) in [7, 11) is 0. The first-order chi connectivity index (χ1) is 8.72. The van der Waals surface area contributed by atoms with Crippen molar-refractivity contribution >= 4 is 5.82 Å². The SMILES string of the molecule is CCc1nnc(N2CCCC2C)c(C#N)c1CC. The first kappa shape index (κ1) is 12.8. The second kappa shape index (κ2) is 5.34. The van der Waals surface area contributed by atoms with E-state index in [1.807, 2.05) is 0 Å². The van der Waals surface area contributed by atoms with Crippen molar-refractivity contribution < 1.29 is 0 Å². The average molecular weight is 244 g/mol. The molecule has 4 heteroatoms. The van der Waals surface area contributed by atoms with Crippen LogP contribution in [-0.2, 0) is 12.8 Å². The Bertz CT molecular complexity index is 475. The smallest absolute Gasteiger partial charge is 0.169 e. The van der Waals surface area contributed by atoms with Gasteiger partial charge in [0, 0.05) is 12.6 Å². The van der Waals surface area contributed by atoms with E-state index in [9.17, 15) is 5.26 Å². The Morgan fingerprint density at radius 3 is 2.61 bits per heavy atom. The quantitative estimate of drug-likeness (QED) is 0.819. The minimum atomic E-state index is 0.462. The summed E-state index contributed by atoms with van der Waals surface area (Å²) in [6.45, 7) is 7.31. The van der Waals surface area contributed by atoms with Gasteiger partial charge in [-0.15, -0.1) is 5.10 Å². The van der Waals surface area contributed by atoms with Crippen LogP contribution in [-0.4, -0.2) is 22.8 Å². The summed E-state index contributed by atoms with van der Waals surface area (Å²) in [6, 6.07) is 2.80. The van der Waals surface area contributed by atoms with Crippen molar-refractivity contribution in [3.05, 3.63) is 16.8 Å². The van der Waals surface area contributed by atoms with Crippen LogP contribution in [0.3, 0.4) is 0 Å². The van der Waals surface area contributed by atoms with Gasteiger partial charge >= 0.3 is 0 Å². The molecule has 4 nitrogen and oxygen atoms in total. The lowest BCUT2D eigenvalue weighted by atomic mass is 10.0.